The zero-order chi connectivity index (χ0) is 19.0. The van der Waals surface area contributed by atoms with Crippen molar-refractivity contribution in [1.82, 2.24) is 0 Å². The van der Waals surface area contributed by atoms with Crippen LogP contribution in [0.3, 0.4) is 0 Å². The van der Waals surface area contributed by atoms with E-state index in [1.165, 1.54) is 0 Å². The molecule has 1 aromatic rings. The molecule has 0 saturated heterocycles. The van der Waals surface area contributed by atoms with Gasteiger partial charge in [-0.1, -0.05) is 30.4 Å². The normalized spacial score (nSPS) is 15.7. The molecule has 0 spiro atoms. The number of benzene rings is 1. The van der Waals surface area contributed by atoms with Crippen LogP contribution in [0.1, 0.15) is 45.4 Å². The molecule has 0 aliphatic heterocycles. The Hall–Kier alpha value is -2.58. The number of Topliss-reactive ketones (excluding diaryl/α,β-unsaturated/α-hetero) is 1. The van der Waals surface area contributed by atoms with Crippen LogP contribution in [0.25, 0.3) is 0 Å². The summed E-state index contributed by atoms with van der Waals surface area (Å²) in [5.74, 6) is 1.03. The molecular formula is C22H28O4. The van der Waals surface area contributed by atoms with E-state index in [4.69, 9.17) is 9.84 Å². The van der Waals surface area contributed by atoms with E-state index < -0.39 is 5.97 Å². The number of carbonyl (C=O) groups is 2. The molecule has 1 aliphatic rings. The third kappa shape index (κ3) is 11.1. The van der Waals surface area contributed by atoms with Gasteiger partial charge >= 0.3 is 5.97 Å². The van der Waals surface area contributed by atoms with E-state index in [1.54, 1.807) is 12.2 Å². The van der Waals surface area contributed by atoms with Crippen molar-refractivity contribution in [2.24, 2.45) is 5.92 Å². The molecule has 0 aromatic heterocycles. The summed E-state index contributed by atoms with van der Waals surface area (Å²) >= 11 is 0. The van der Waals surface area contributed by atoms with Gasteiger partial charge in [0, 0.05) is 19.3 Å². The van der Waals surface area contributed by atoms with Gasteiger partial charge < -0.3 is 9.84 Å². The minimum atomic E-state index is -0.760. The maximum Gasteiger partial charge on any atom is 0.303 e. The molecule has 0 radical (unpaired) electrons. The first-order valence-electron chi connectivity index (χ1n) is 9.05. The van der Waals surface area contributed by atoms with E-state index in [0.29, 0.717) is 24.7 Å². The third-order valence-corrected chi connectivity index (χ3v) is 3.78. The third-order valence-electron chi connectivity index (χ3n) is 3.78. The first-order valence-corrected chi connectivity index (χ1v) is 9.05. The number of hydrogen-bond donors (Lipinski definition) is 1. The molecule has 26 heavy (non-hydrogen) atoms. The van der Waals surface area contributed by atoms with Gasteiger partial charge in [0.2, 0.25) is 0 Å². The van der Waals surface area contributed by atoms with E-state index in [9.17, 15) is 9.59 Å². The number of allylic oxidation sites excluding steroid dienone is 2. The van der Waals surface area contributed by atoms with Crippen LogP contribution < -0.4 is 4.74 Å². The van der Waals surface area contributed by atoms with Gasteiger partial charge in [0.15, 0.2) is 0 Å². The smallest absolute Gasteiger partial charge is 0.303 e. The second-order valence-electron chi connectivity index (χ2n) is 6.01. The standard InChI is InChI=1S/C15H18O2.C7H10O2/c16-14-10-9-13(12-14)6-4-5-11-17-15-7-2-1-3-8-15;1-2-3-4-5-6-7(8)9/h1-4,6-8,13H,5,9-12H2;2,4H,5-6H2,1H3,(H,8,9)/b6-4+;. The Balaban J connectivity index is 0.000000321. The fourth-order valence-corrected chi connectivity index (χ4v) is 2.45. The summed E-state index contributed by atoms with van der Waals surface area (Å²) < 4.78 is 5.57. The number of rotatable bonds is 8. The SMILES string of the molecule is CC=C=CCCC(=O)O.O=C1CCC(/C=C/CCOc2ccccc2)C1. The Bertz CT molecular complexity index is 625. The predicted octanol–water partition coefficient (Wildman–Crippen LogP) is 4.96. The summed E-state index contributed by atoms with van der Waals surface area (Å²) in [6, 6.07) is 9.83. The Labute approximate surface area is 155 Å². The first kappa shape index (κ1) is 21.5. The van der Waals surface area contributed by atoms with E-state index in [2.05, 4.69) is 17.9 Å². The molecule has 0 amide bonds. The highest BCUT2D eigenvalue weighted by Crippen LogP contribution is 2.23. The highest BCUT2D eigenvalue weighted by atomic mass is 16.5. The lowest BCUT2D eigenvalue weighted by Crippen LogP contribution is -1.96. The number of carbonyl (C=O) groups excluding carboxylic acids is 1. The fourth-order valence-electron chi connectivity index (χ4n) is 2.45. The number of carboxylic acids is 1. The zero-order valence-electron chi connectivity index (χ0n) is 15.4. The van der Waals surface area contributed by atoms with Gasteiger partial charge in [-0.15, -0.1) is 5.73 Å². The molecule has 1 aliphatic carbocycles. The minimum Gasteiger partial charge on any atom is -0.493 e. The molecule has 1 fully saturated rings. The molecule has 1 aromatic carbocycles. The van der Waals surface area contributed by atoms with Crippen LogP contribution >= 0.6 is 0 Å². The van der Waals surface area contributed by atoms with E-state index in [1.807, 2.05) is 37.3 Å². The van der Waals surface area contributed by atoms with Crippen LogP contribution in [0.5, 0.6) is 5.75 Å². The summed E-state index contributed by atoms with van der Waals surface area (Å²) in [6.07, 6.45) is 11.9. The van der Waals surface area contributed by atoms with Crippen molar-refractivity contribution < 1.29 is 19.4 Å². The van der Waals surface area contributed by atoms with Gasteiger partial charge in [-0.05, 0) is 56.4 Å². The van der Waals surface area contributed by atoms with Gasteiger partial charge in [-0.2, -0.15) is 0 Å². The van der Waals surface area contributed by atoms with Crippen LogP contribution in [-0.4, -0.2) is 23.5 Å². The molecule has 1 N–H and O–H groups in total. The highest BCUT2D eigenvalue weighted by molar-refractivity contribution is 5.80. The van der Waals surface area contributed by atoms with E-state index in [0.717, 1.165) is 31.4 Å². The lowest BCUT2D eigenvalue weighted by atomic mass is 10.1. The van der Waals surface area contributed by atoms with Gasteiger partial charge in [0.25, 0.3) is 0 Å². The molecule has 4 nitrogen and oxygen atoms in total. The topological polar surface area (TPSA) is 63.6 Å². The maximum atomic E-state index is 11.1. The number of para-hydroxylation sites is 1. The molecule has 140 valence electrons. The minimum absolute atomic E-state index is 0.195. The lowest BCUT2D eigenvalue weighted by molar-refractivity contribution is -0.136. The van der Waals surface area contributed by atoms with Crippen molar-refractivity contribution in [3.8, 4) is 5.75 Å². The van der Waals surface area contributed by atoms with Crippen LogP contribution in [0.2, 0.25) is 0 Å². The van der Waals surface area contributed by atoms with Crippen molar-refractivity contribution in [3.05, 3.63) is 60.4 Å². The fraction of sp³-hybridized carbons (Fsp3) is 0.409. The van der Waals surface area contributed by atoms with Crippen molar-refractivity contribution in [2.75, 3.05) is 6.61 Å². The number of hydrogen-bond acceptors (Lipinski definition) is 3. The Morgan fingerprint density at radius 3 is 2.69 bits per heavy atom. The average Bonchev–Trinajstić information content (AvgIpc) is 3.05. The maximum absolute atomic E-state index is 11.1. The van der Waals surface area contributed by atoms with E-state index in [-0.39, 0.29) is 6.42 Å². The van der Waals surface area contributed by atoms with Crippen LogP contribution in [0.4, 0.5) is 0 Å². The second-order valence-corrected chi connectivity index (χ2v) is 6.01. The molecule has 2 rings (SSSR count). The lowest BCUT2D eigenvalue weighted by Gasteiger charge is -2.03. The summed E-state index contributed by atoms with van der Waals surface area (Å²) in [4.78, 5) is 21.0. The molecule has 4 heteroatoms. The largest absolute Gasteiger partial charge is 0.493 e. The average molecular weight is 356 g/mol. The summed E-state index contributed by atoms with van der Waals surface area (Å²) in [5, 5.41) is 8.15. The summed E-state index contributed by atoms with van der Waals surface area (Å²) in [7, 11) is 0. The first-order chi connectivity index (χ1) is 12.6. The number of carboxylic acid groups (broad SMARTS) is 1. The van der Waals surface area contributed by atoms with Crippen molar-refractivity contribution >= 4 is 11.8 Å². The Morgan fingerprint density at radius 1 is 1.31 bits per heavy atom. The van der Waals surface area contributed by atoms with Crippen LogP contribution in [0.15, 0.2) is 60.4 Å². The molecule has 0 bridgehead atoms. The highest BCUT2D eigenvalue weighted by Gasteiger charge is 2.18. The van der Waals surface area contributed by atoms with Crippen LogP contribution in [0, 0.1) is 5.92 Å². The quantitative estimate of drug-likeness (QED) is 0.406. The van der Waals surface area contributed by atoms with Gasteiger partial charge in [0.05, 0.1) is 6.61 Å². The molecule has 1 saturated carbocycles. The van der Waals surface area contributed by atoms with Crippen molar-refractivity contribution in [2.45, 2.75) is 45.4 Å². The number of ketones is 1. The Morgan fingerprint density at radius 2 is 2.08 bits per heavy atom. The molecule has 0 heterocycles. The van der Waals surface area contributed by atoms with Crippen molar-refractivity contribution in [3.63, 3.8) is 0 Å². The number of ether oxygens (including phenoxy) is 1. The molecule has 1 unspecified atom stereocenters. The second kappa shape index (κ2) is 13.7. The van der Waals surface area contributed by atoms with Crippen LogP contribution in [-0.2, 0) is 9.59 Å². The molecular weight excluding hydrogens is 328 g/mol. The summed E-state index contributed by atoms with van der Waals surface area (Å²) in [6.45, 7) is 2.54. The molecule has 1 atom stereocenters. The van der Waals surface area contributed by atoms with E-state index >= 15 is 0 Å². The van der Waals surface area contributed by atoms with Gasteiger partial charge in [-0.25, -0.2) is 0 Å². The Kier molecular flexibility index (Phi) is 11.3. The zero-order valence-corrected chi connectivity index (χ0v) is 15.4. The monoisotopic (exact) mass is 356 g/mol. The van der Waals surface area contributed by atoms with Gasteiger partial charge in [0.1, 0.15) is 11.5 Å². The van der Waals surface area contributed by atoms with Crippen molar-refractivity contribution in [1.29, 1.82) is 0 Å². The predicted molar refractivity (Wildman–Crippen MR) is 103 cm³/mol. The van der Waals surface area contributed by atoms with Gasteiger partial charge in [-0.3, -0.25) is 9.59 Å². The summed E-state index contributed by atoms with van der Waals surface area (Å²) in [5.41, 5.74) is 2.79. The number of aliphatic carboxylic acids is 1.